The molecule has 0 radical (unpaired) electrons. The van der Waals surface area contributed by atoms with Gasteiger partial charge in [-0.15, -0.1) is 12.6 Å². The summed E-state index contributed by atoms with van der Waals surface area (Å²) in [6.07, 6.45) is -0.619. The van der Waals surface area contributed by atoms with Crippen LogP contribution in [0.25, 0.3) is 11.3 Å². The van der Waals surface area contributed by atoms with Crippen LogP contribution in [0.5, 0.6) is 0 Å². The van der Waals surface area contributed by atoms with Crippen LogP contribution in [0, 0.1) is 25.2 Å². The maximum absolute atomic E-state index is 12.5. The third-order valence-electron chi connectivity index (χ3n) is 5.04. The van der Waals surface area contributed by atoms with Crippen LogP contribution in [0.2, 0.25) is 0 Å². The Morgan fingerprint density at radius 2 is 1.83 bits per heavy atom. The molecular formula is C23H19N3O2S. The number of nitrogens with zero attached hydrogens (tertiary/aromatic N) is 2. The number of hydrogen-bond acceptors (Lipinski definition) is 5. The number of aryl methyl sites for hydroxylation is 2. The fourth-order valence-corrected chi connectivity index (χ4v) is 3.69. The van der Waals surface area contributed by atoms with Crippen LogP contribution in [-0.4, -0.2) is 5.91 Å². The number of hydrogen-bond donors (Lipinski definition) is 2. The molecule has 1 aliphatic heterocycles. The molecule has 0 saturated carbocycles. The van der Waals surface area contributed by atoms with Crippen LogP contribution in [-0.2, 0) is 4.79 Å². The van der Waals surface area contributed by atoms with Crippen LogP contribution in [0.1, 0.15) is 23.1 Å². The van der Waals surface area contributed by atoms with Gasteiger partial charge in [0.1, 0.15) is 23.2 Å². The highest BCUT2D eigenvalue weighted by molar-refractivity contribution is 7.84. The highest BCUT2D eigenvalue weighted by Gasteiger charge is 2.35. The van der Waals surface area contributed by atoms with Gasteiger partial charge in [-0.25, -0.2) is 0 Å². The lowest BCUT2D eigenvalue weighted by Crippen LogP contribution is -2.45. The largest absolute Gasteiger partial charge is 0.457 e. The molecule has 1 atom stereocenters. The first-order valence-electron chi connectivity index (χ1n) is 9.15. The molecular weight excluding hydrogens is 382 g/mol. The van der Waals surface area contributed by atoms with Gasteiger partial charge < -0.3 is 14.6 Å². The van der Waals surface area contributed by atoms with Crippen LogP contribution < -0.4 is 10.2 Å². The van der Waals surface area contributed by atoms with E-state index in [1.807, 2.05) is 85.5 Å². The number of carbonyl (C=O) groups is 1. The van der Waals surface area contributed by atoms with Crippen molar-refractivity contribution >= 4 is 24.2 Å². The van der Waals surface area contributed by atoms with E-state index in [1.165, 1.54) is 0 Å². The summed E-state index contributed by atoms with van der Waals surface area (Å²) in [5.41, 5.74) is 3.98. The van der Waals surface area contributed by atoms with E-state index in [0.29, 0.717) is 16.5 Å². The average molecular weight is 401 g/mol. The molecule has 1 aromatic heterocycles. The fourth-order valence-electron chi connectivity index (χ4n) is 3.31. The molecule has 5 nitrogen and oxygen atoms in total. The highest BCUT2D eigenvalue weighted by atomic mass is 32.1. The van der Waals surface area contributed by atoms with Crippen molar-refractivity contribution in [3.8, 4) is 17.4 Å². The third kappa shape index (κ3) is 3.41. The van der Waals surface area contributed by atoms with Crippen LogP contribution in [0.15, 0.2) is 75.7 Å². The Morgan fingerprint density at radius 1 is 1.07 bits per heavy atom. The van der Waals surface area contributed by atoms with Gasteiger partial charge >= 0.3 is 0 Å². The fraction of sp³-hybridized carbons (Fsp3) is 0.130. The minimum atomic E-state index is -0.619. The Bertz CT molecular complexity index is 1160. The number of amides is 1. The molecule has 2 aromatic carbocycles. The standard InChI is InChI=1S/C23H19N3O2S/c1-14-8-9-17(12-15(14)2)26-21(25-22(27)18(13-24)23(26)29)20-11-10-19(28-20)16-6-4-3-5-7-16/h3-12,21,29H,1-2H3,(H,25,27). The van der Waals surface area contributed by atoms with Crippen LogP contribution in [0.4, 0.5) is 5.69 Å². The van der Waals surface area contributed by atoms with Crippen molar-refractivity contribution in [2.75, 3.05) is 4.90 Å². The Hall–Kier alpha value is -3.43. The first-order valence-corrected chi connectivity index (χ1v) is 9.60. The zero-order chi connectivity index (χ0) is 20.5. The predicted octanol–water partition coefficient (Wildman–Crippen LogP) is 4.86. The molecule has 6 heteroatoms. The van der Waals surface area contributed by atoms with Crippen molar-refractivity contribution in [1.29, 1.82) is 5.26 Å². The predicted molar refractivity (Wildman–Crippen MR) is 115 cm³/mol. The summed E-state index contributed by atoms with van der Waals surface area (Å²) in [6, 6.07) is 21.3. The number of benzene rings is 2. The second kappa shape index (κ2) is 7.53. The molecule has 0 aliphatic carbocycles. The van der Waals surface area contributed by atoms with Crippen LogP contribution in [0.3, 0.4) is 0 Å². The maximum atomic E-state index is 12.5. The van der Waals surface area contributed by atoms with Gasteiger partial charge in [-0.05, 0) is 49.2 Å². The van der Waals surface area contributed by atoms with E-state index in [4.69, 9.17) is 4.42 Å². The molecule has 3 aromatic rings. The van der Waals surface area contributed by atoms with E-state index in [2.05, 4.69) is 17.9 Å². The number of thiol groups is 1. The van der Waals surface area contributed by atoms with E-state index in [0.717, 1.165) is 22.4 Å². The van der Waals surface area contributed by atoms with Gasteiger partial charge in [-0.2, -0.15) is 5.26 Å². The van der Waals surface area contributed by atoms with Gasteiger partial charge in [-0.1, -0.05) is 36.4 Å². The summed E-state index contributed by atoms with van der Waals surface area (Å²) in [6.45, 7) is 4.05. The van der Waals surface area contributed by atoms with Crippen molar-refractivity contribution < 1.29 is 9.21 Å². The van der Waals surface area contributed by atoms with Crippen molar-refractivity contribution in [2.45, 2.75) is 20.0 Å². The van der Waals surface area contributed by atoms with E-state index in [1.54, 1.807) is 0 Å². The topological polar surface area (TPSA) is 69.3 Å². The first kappa shape index (κ1) is 18.9. The van der Waals surface area contributed by atoms with Gasteiger partial charge in [0.15, 0.2) is 6.17 Å². The van der Waals surface area contributed by atoms with Crippen molar-refractivity contribution in [1.82, 2.24) is 5.32 Å². The molecule has 1 amide bonds. The number of nitrogens with one attached hydrogen (secondary N) is 1. The molecule has 1 aliphatic rings. The summed E-state index contributed by atoms with van der Waals surface area (Å²) in [5.74, 6) is 0.782. The number of furan rings is 1. The second-order valence-electron chi connectivity index (χ2n) is 6.89. The Balaban J connectivity index is 1.81. The van der Waals surface area contributed by atoms with Gasteiger partial charge in [0.05, 0.1) is 5.03 Å². The van der Waals surface area contributed by atoms with E-state index in [9.17, 15) is 10.1 Å². The number of anilines is 1. The quantitative estimate of drug-likeness (QED) is 0.615. The SMILES string of the molecule is Cc1ccc(N2C(S)=C(C#N)C(=O)NC2c2ccc(-c3ccccc3)o2)cc1C. The zero-order valence-corrected chi connectivity index (χ0v) is 16.9. The van der Waals surface area contributed by atoms with Crippen molar-refractivity contribution in [3.05, 3.63) is 88.2 Å². The van der Waals surface area contributed by atoms with Gasteiger partial charge in [0.25, 0.3) is 5.91 Å². The number of rotatable bonds is 3. The minimum Gasteiger partial charge on any atom is -0.457 e. The zero-order valence-electron chi connectivity index (χ0n) is 16.0. The molecule has 0 spiro atoms. The normalized spacial score (nSPS) is 16.6. The second-order valence-corrected chi connectivity index (χ2v) is 7.32. The lowest BCUT2D eigenvalue weighted by Gasteiger charge is -2.36. The van der Waals surface area contributed by atoms with E-state index in [-0.39, 0.29) is 5.57 Å². The molecule has 144 valence electrons. The number of carbonyl (C=O) groups excluding carboxylic acids is 1. The first-order chi connectivity index (χ1) is 14.0. The molecule has 1 unspecified atom stereocenters. The highest BCUT2D eigenvalue weighted by Crippen LogP contribution is 2.38. The van der Waals surface area contributed by atoms with E-state index < -0.39 is 12.1 Å². The lowest BCUT2D eigenvalue weighted by molar-refractivity contribution is -0.118. The molecule has 4 rings (SSSR count). The molecule has 2 heterocycles. The number of nitriles is 1. The summed E-state index contributed by atoms with van der Waals surface area (Å²) in [7, 11) is 0. The van der Waals surface area contributed by atoms with Crippen molar-refractivity contribution in [3.63, 3.8) is 0 Å². The molecule has 0 saturated heterocycles. The van der Waals surface area contributed by atoms with Crippen LogP contribution >= 0.6 is 12.6 Å². The molecule has 29 heavy (non-hydrogen) atoms. The minimum absolute atomic E-state index is 0.0300. The van der Waals surface area contributed by atoms with Crippen molar-refractivity contribution in [2.24, 2.45) is 0 Å². The third-order valence-corrected chi connectivity index (χ3v) is 5.48. The summed E-state index contributed by atoms with van der Waals surface area (Å²) in [5, 5.41) is 12.6. The maximum Gasteiger partial charge on any atom is 0.266 e. The summed E-state index contributed by atoms with van der Waals surface area (Å²) in [4.78, 5) is 14.3. The molecule has 0 fully saturated rings. The van der Waals surface area contributed by atoms with Gasteiger partial charge in [0.2, 0.25) is 0 Å². The Kier molecular flexibility index (Phi) is 4.91. The molecule has 0 bridgehead atoms. The average Bonchev–Trinajstić information content (AvgIpc) is 3.21. The van der Waals surface area contributed by atoms with Gasteiger partial charge in [0, 0.05) is 11.3 Å². The van der Waals surface area contributed by atoms with E-state index >= 15 is 0 Å². The lowest BCUT2D eigenvalue weighted by atomic mass is 10.1. The Labute approximate surface area is 174 Å². The summed E-state index contributed by atoms with van der Waals surface area (Å²) >= 11 is 4.53. The molecule has 1 N–H and O–H groups in total. The van der Waals surface area contributed by atoms with Gasteiger partial charge in [-0.3, -0.25) is 4.79 Å². The smallest absolute Gasteiger partial charge is 0.266 e. The Morgan fingerprint density at radius 3 is 2.52 bits per heavy atom. The monoisotopic (exact) mass is 401 g/mol. The summed E-state index contributed by atoms with van der Waals surface area (Å²) < 4.78 is 6.08.